The van der Waals surface area contributed by atoms with E-state index in [4.69, 9.17) is 10.5 Å². The van der Waals surface area contributed by atoms with Crippen LogP contribution in [-0.2, 0) is 4.74 Å². The third kappa shape index (κ3) is 4.76. The van der Waals surface area contributed by atoms with E-state index < -0.39 is 0 Å². The highest BCUT2D eigenvalue weighted by atomic mass is 32.1. The minimum absolute atomic E-state index is 0.0177. The molecule has 1 unspecified atom stereocenters. The van der Waals surface area contributed by atoms with Crippen molar-refractivity contribution in [2.24, 2.45) is 0 Å². The van der Waals surface area contributed by atoms with Gasteiger partial charge in [0.15, 0.2) is 6.23 Å². The Morgan fingerprint density at radius 3 is 2.91 bits per heavy atom. The van der Waals surface area contributed by atoms with Gasteiger partial charge in [-0.1, -0.05) is 0 Å². The number of hydrogen-bond donors (Lipinski definition) is 2. The van der Waals surface area contributed by atoms with Crippen LogP contribution in [0.4, 0.5) is 11.5 Å². The second-order valence-electron chi connectivity index (χ2n) is 8.83. The molecule has 2 aliphatic heterocycles. The minimum atomic E-state index is 0.0177. The molecular weight excluding hydrogens is 422 g/mol. The molecule has 8 nitrogen and oxygen atoms in total. The number of nitrogens with two attached hydrogens (primary N) is 1. The van der Waals surface area contributed by atoms with Gasteiger partial charge in [0.2, 0.25) is 0 Å². The maximum atomic E-state index is 6.14. The number of aromatic nitrogens is 3. The van der Waals surface area contributed by atoms with Crippen LogP contribution in [0.3, 0.4) is 0 Å². The number of hydrogen-bond acceptors (Lipinski definition) is 8. The maximum Gasteiger partial charge on any atom is 0.150 e. The van der Waals surface area contributed by atoms with Crippen LogP contribution in [0.25, 0.3) is 20.8 Å². The largest absolute Gasteiger partial charge is 0.384 e. The summed E-state index contributed by atoms with van der Waals surface area (Å²) < 4.78 is 9.14. The van der Waals surface area contributed by atoms with Gasteiger partial charge in [0.1, 0.15) is 5.82 Å². The van der Waals surface area contributed by atoms with Crippen molar-refractivity contribution in [3.8, 4) is 10.6 Å². The molecule has 0 bridgehead atoms. The lowest BCUT2D eigenvalue weighted by molar-refractivity contribution is -0.0383. The van der Waals surface area contributed by atoms with E-state index in [1.807, 2.05) is 16.9 Å². The number of nitrogen functional groups attached to an aromatic ring is 1. The van der Waals surface area contributed by atoms with Gasteiger partial charge in [0.25, 0.3) is 0 Å². The molecule has 3 aromatic rings. The first kappa shape index (κ1) is 21.6. The van der Waals surface area contributed by atoms with Gasteiger partial charge in [-0.05, 0) is 51.4 Å². The topological polar surface area (TPSA) is 84.5 Å². The monoisotopic (exact) mass is 455 g/mol. The predicted octanol–water partition coefficient (Wildman–Crippen LogP) is 3.49. The summed E-state index contributed by atoms with van der Waals surface area (Å²) in [5.74, 6) is 0.549. The summed E-state index contributed by atoms with van der Waals surface area (Å²) in [5.41, 5.74) is 9.23. The fourth-order valence-corrected chi connectivity index (χ4v) is 5.66. The third-order valence-electron chi connectivity index (χ3n) is 6.41. The molecular formula is C23H33N7OS. The molecule has 2 saturated heterocycles. The van der Waals surface area contributed by atoms with Gasteiger partial charge in [0, 0.05) is 51.6 Å². The van der Waals surface area contributed by atoms with Gasteiger partial charge in [-0.15, -0.1) is 11.3 Å². The quantitative estimate of drug-likeness (QED) is 0.528. The summed E-state index contributed by atoms with van der Waals surface area (Å²) in [6, 6.07) is 6.15. The van der Waals surface area contributed by atoms with Gasteiger partial charge >= 0.3 is 0 Å². The molecule has 0 radical (unpaired) electrons. The first-order valence-corrected chi connectivity index (χ1v) is 12.5. The Labute approximate surface area is 193 Å². The van der Waals surface area contributed by atoms with Crippen molar-refractivity contribution < 1.29 is 4.74 Å². The summed E-state index contributed by atoms with van der Waals surface area (Å²) in [5, 5.41) is 8.19. The molecule has 0 aromatic carbocycles. The van der Waals surface area contributed by atoms with Crippen molar-refractivity contribution in [2.75, 3.05) is 64.0 Å². The maximum absolute atomic E-state index is 6.14. The molecule has 5 heterocycles. The Morgan fingerprint density at radius 2 is 2.09 bits per heavy atom. The van der Waals surface area contributed by atoms with Crippen LogP contribution >= 0.6 is 11.3 Å². The number of rotatable bonds is 7. The SMILES string of the molecule is CN1CCN(CCCNc2cc(N)nc3cc(-c4ccnn4C4CCCCO4)sc23)CC1. The van der Waals surface area contributed by atoms with Gasteiger partial charge in [-0.3, -0.25) is 0 Å². The normalized spacial score (nSPS) is 20.7. The molecule has 0 saturated carbocycles. The number of nitrogens with zero attached hydrogens (tertiary/aromatic N) is 5. The van der Waals surface area contributed by atoms with Crippen molar-refractivity contribution >= 4 is 33.1 Å². The third-order valence-corrected chi connectivity index (χ3v) is 7.59. The van der Waals surface area contributed by atoms with E-state index in [0.29, 0.717) is 5.82 Å². The van der Waals surface area contributed by atoms with Crippen molar-refractivity contribution in [1.29, 1.82) is 0 Å². The van der Waals surface area contributed by atoms with E-state index in [-0.39, 0.29) is 6.23 Å². The minimum Gasteiger partial charge on any atom is -0.384 e. The van der Waals surface area contributed by atoms with E-state index in [1.165, 1.54) is 6.42 Å². The highest BCUT2D eigenvalue weighted by Crippen LogP contribution is 2.39. The molecule has 5 rings (SSSR count). The van der Waals surface area contributed by atoms with Crippen LogP contribution in [0.2, 0.25) is 0 Å². The van der Waals surface area contributed by atoms with Crippen LogP contribution in [-0.4, -0.2) is 77.5 Å². The van der Waals surface area contributed by atoms with Crippen molar-refractivity contribution in [2.45, 2.75) is 31.9 Å². The smallest absolute Gasteiger partial charge is 0.150 e. The Hall–Kier alpha value is -2.20. The average molecular weight is 456 g/mol. The fraction of sp³-hybridized carbons (Fsp3) is 0.565. The zero-order chi connectivity index (χ0) is 21.9. The molecule has 2 fully saturated rings. The molecule has 3 N–H and O–H groups in total. The van der Waals surface area contributed by atoms with E-state index in [2.05, 4.69) is 44.4 Å². The number of pyridine rings is 1. The first-order valence-electron chi connectivity index (χ1n) is 11.7. The second kappa shape index (κ2) is 9.74. The Kier molecular flexibility index (Phi) is 6.59. The molecule has 0 amide bonds. The zero-order valence-corrected chi connectivity index (χ0v) is 19.6. The first-order chi connectivity index (χ1) is 15.7. The summed E-state index contributed by atoms with van der Waals surface area (Å²) in [6.07, 6.45) is 6.29. The van der Waals surface area contributed by atoms with Crippen LogP contribution in [0.1, 0.15) is 31.9 Å². The molecule has 172 valence electrons. The lowest BCUT2D eigenvalue weighted by atomic mass is 10.2. The van der Waals surface area contributed by atoms with Crippen molar-refractivity contribution in [3.63, 3.8) is 0 Å². The number of fused-ring (bicyclic) bond motifs is 1. The number of piperazine rings is 1. The van der Waals surface area contributed by atoms with Crippen LogP contribution in [0.5, 0.6) is 0 Å². The summed E-state index contributed by atoms with van der Waals surface area (Å²) >= 11 is 1.74. The Balaban J connectivity index is 1.29. The van der Waals surface area contributed by atoms with Crippen molar-refractivity contribution in [1.82, 2.24) is 24.6 Å². The van der Waals surface area contributed by atoms with Crippen LogP contribution in [0, 0.1) is 0 Å². The number of anilines is 2. The zero-order valence-electron chi connectivity index (χ0n) is 18.8. The number of nitrogens with one attached hydrogen (secondary N) is 1. The number of ether oxygens (including phenoxy) is 1. The summed E-state index contributed by atoms with van der Waals surface area (Å²) in [7, 11) is 2.20. The number of likely N-dealkylation sites (N-methyl/N-ethyl adjacent to an activating group) is 1. The summed E-state index contributed by atoms with van der Waals surface area (Å²) in [4.78, 5) is 10.7. The van der Waals surface area contributed by atoms with Crippen molar-refractivity contribution in [3.05, 3.63) is 24.4 Å². The molecule has 32 heavy (non-hydrogen) atoms. The van der Waals surface area contributed by atoms with Gasteiger partial charge < -0.3 is 25.6 Å². The molecule has 0 aliphatic carbocycles. The number of thiophene rings is 1. The second-order valence-corrected chi connectivity index (χ2v) is 9.88. The van der Waals surface area contributed by atoms with Gasteiger partial charge in [-0.2, -0.15) is 5.10 Å². The molecule has 1 atom stereocenters. The highest BCUT2D eigenvalue weighted by Gasteiger charge is 2.21. The Morgan fingerprint density at radius 1 is 1.22 bits per heavy atom. The van der Waals surface area contributed by atoms with E-state index in [1.54, 1.807) is 11.3 Å². The molecule has 3 aromatic heterocycles. The molecule has 2 aliphatic rings. The van der Waals surface area contributed by atoms with E-state index >= 15 is 0 Å². The lowest BCUT2D eigenvalue weighted by Crippen LogP contribution is -2.44. The lowest BCUT2D eigenvalue weighted by Gasteiger charge is -2.32. The summed E-state index contributed by atoms with van der Waals surface area (Å²) in [6.45, 7) is 7.50. The van der Waals surface area contributed by atoms with Crippen LogP contribution < -0.4 is 11.1 Å². The molecule has 9 heteroatoms. The average Bonchev–Trinajstić information content (AvgIpc) is 3.45. The van der Waals surface area contributed by atoms with Gasteiger partial charge in [0.05, 0.1) is 26.5 Å². The standard InChI is InChI=1S/C23H33N7OS/c1-28-10-12-29(13-11-28)9-4-7-25-17-16-21(24)27-18-15-20(32-23(17)18)19-6-8-26-30(19)22-5-2-3-14-31-22/h6,8,15-16,22H,2-5,7,9-14H2,1H3,(H3,24,25,27). The van der Waals surface area contributed by atoms with E-state index in [0.717, 1.165) is 91.6 Å². The highest BCUT2D eigenvalue weighted by molar-refractivity contribution is 7.22. The predicted molar refractivity (Wildman–Crippen MR) is 131 cm³/mol. The van der Waals surface area contributed by atoms with Gasteiger partial charge in [-0.25, -0.2) is 9.67 Å². The fourth-order valence-electron chi connectivity index (χ4n) is 4.55. The van der Waals surface area contributed by atoms with E-state index in [9.17, 15) is 0 Å². The Bertz CT molecular complexity index is 1030. The van der Waals surface area contributed by atoms with Crippen LogP contribution in [0.15, 0.2) is 24.4 Å². The molecule has 0 spiro atoms.